The molecule has 0 radical (unpaired) electrons. The Morgan fingerprint density at radius 1 is 1.41 bits per heavy atom. The van der Waals surface area contributed by atoms with Crippen LogP contribution in [-0.4, -0.2) is 15.3 Å². The molecule has 90 valence electrons. The maximum absolute atomic E-state index is 12.6. The molecular formula is C9H7F3N4O. The fraction of sp³-hybridized carbons (Fsp3) is 0.111. The number of imidazole rings is 1. The van der Waals surface area contributed by atoms with E-state index in [0.717, 1.165) is 16.7 Å². The van der Waals surface area contributed by atoms with Crippen LogP contribution in [0.15, 0.2) is 24.4 Å². The third-order valence-electron chi connectivity index (χ3n) is 2.15. The Morgan fingerprint density at radius 3 is 2.71 bits per heavy atom. The van der Waals surface area contributed by atoms with Crippen molar-refractivity contribution in [3.63, 3.8) is 0 Å². The second kappa shape index (κ2) is 3.74. The van der Waals surface area contributed by atoms with E-state index in [0.29, 0.717) is 0 Å². The molecule has 0 bridgehead atoms. The van der Waals surface area contributed by atoms with Gasteiger partial charge in [-0.05, 0) is 12.1 Å². The number of hydrogen-bond acceptors (Lipinski definition) is 3. The third-order valence-corrected chi connectivity index (χ3v) is 2.15. The number of aromatic nitrogens is 2. The zero-order valence-corrected chi connectivity index (χ0v) is 8.32. The lowest BCUT2D eigenvalue weighted by atomic mass is 10.3. The Morgan fingerprint density at radius 2 is 2.12 bits per heavy atom. The number of amides is 1. The van der Waals surface area contributed by atoms with Crippen molar-refractivity contribution >= 4 is 11.6 Å². The fourth-order valence-corrected chi connectivity index (χ4v) is 1.43. The SMILES string of the molecule is NNC(=O)c1cn2c(C(F)(F)F)cccc2n1. The van der Waals surface area contributed by atoms with Crippen molar-refractivity contribution in [1.29, 1.82) is 0 Å². The van der Waals surface area contributed by atoms with Gasteiger partial charge in [-0.1, -0.05) is 6.07 Å². The fourth-order valence-electron chi connectivity index (χ4n) is 1.43. The van der Waals surface area contributed by atoms with Gasteiger partial charge in [0.1, 0.15) is 17.0 Å². The lowest BCUT2D eigenvalue weighted by Crippen LogP contribution is -2.30. The quantitative estimate of drug-likeness (QED) is 0.445. The van der Waals surface area contributed by atoms with E-state index in [4.69, 9.17) is 5.84 Å². The Bertz CT molecular complexity index is 575. The molecule has 2 heterocycles. The number of rotatable bonds is 1. The van der Waals surface area contributed by atoms with Crippen molar-refractivity contribution in [2.45, 2.75) is 6.18 Å². The van der Waals surface area contributed by atoms with Gasteiger partial charge in [0.2, 0.25) is 0 Å². The van der Waals surface area contributed by atoms with Gasteiger partial charge in [0.05, 0.1) is 0 Å². The van der Waals surface area contributed by atoms with Gasteiger partial charge in [-0.25, -0.2) is 10.8 Å². The van der Waals surface area contributed by atoms with Crippen LogP contribution in [0.2, 0.25) is 0 Å². The lowest BCUT2D eigenvalue weighted by molar-refractivity contribution is -0.142. The summed E-state index contributed by atoms with van der Waals surface area (Å²) in [5.74, 6) is 4.13. The Labute approximate surface area is 93.0 Å². The van der Waals surface area contributed by atoms with Gasteiger partial charge < -0.3 is 0 Å². The Kier molecular flexibility index (Phi) is 2.50. The van der Waals surface area contributed by atoms with E-state index in [1.165, 1.54) is 12.1 Å². The smallest absolute Gasteiger partial charge is 0.295 e. The minimum absolute atomic E-state index is 0.0263. The molecule has 0 aliphatic heterocycles. The highest BCUT2D eigenvalue weighted by Crippen LogP contribution is 2.29. The average Bonchev–Trinajstić information content (AvgIpc) is 2.69. The van der Waals surface area contributed by atoms with Crippen LogP contribution in [0.25, 0.3) is 5.65 Å². The summed E-state index contributed by atoms with van der Waals surface area (Å²) in [6.07, 6.45) is -3.53. The molecule has 3 N–H and O–H groups in total. The third kappa shape index (κ3) is 1.94. The number of carbonyl (C=O) groups excluding carboxylic acids is 1. The monoisotopic (exact) mass is 244 g/mol. The van der Waals surface area contributed by atoms with Crippen LogP contribution in [0.4, 0.5) is 13.2 Å². The molecule has 0 saturated carbocycles. The van der Waals surface area contributed by atoms with Gasteiger partial charge in [-0.2, -0.15) is 13.2 Å². The van der Waals surface area contributed by atoms with Crippen molar-refractivity contribution in [2.24, 2.45) is 5.84 Å². The van der Waals surface area contributed by atoms with E-state index < -0.39 is 17.8 Å². The van der Waals surface area contributed by atoms with Crippen LogP contribution >= 0.6 is 0 Å². The first-order valence-corrected chi connectivity index (χ1v) is 4.50. The second-order valence-electron chi connectivity index (χ2n) is 3.24. The maximum atomic E-state index is 12.6. The number of halogens is 3. The number of nitrogen functional groups attached to an aromatic ring is 1. The molecule has 0 saturated heterocycles. The number of nitrogens with one attached hydrogen (secondary N) is 1. The normalized spacial score (nSPS) is 11.8. The molecular weight excluding hydrogens is 237 g/mol. The highest BCUT2D eigenvalue weighted by Gasteiger charge is 2.33. The summed E-state index contributed by atoms with van der Waals surface area (Å²) in [5, 5.41) is 0. The minimum Gasteiger partial charge on any atom is -0.295 e. The van der Waals surface area contributed by atoms with Gasteiger partial charge in [-0.3, -0.25) is 14.6 Å². The highest BCUT2D eigenvalue weighted by molar-refractivity contribution is 5.92. The summed E-state index contributed by atoms with van der Waals surface area (Å²) in [7, 11) is 0. The molecule has 0 aliphatic rings. The summed E-state index contributed by atoms with van der Waals surface area (Å²) in [5.41, 5.74) is 0.750. The predicted molar refractivity (Wildman–Crippen MR) is 51.8 cm³/mol. The van der Waals surface area contributed by atoms with E-state index in [1.807, 2.05) is 0 Å². The topological polar surface area (TPSA) is 72.4 Å². The molecule has 1 amide bonds. The molecule has 0 aliphatic carbocycles. The van der Waals surface area contributed by atoms with E-state index in [-0.39, 0.29) is 11.3 Å². The van der Waals surface area contributed by atoms with Gasteiger partial charge in [0, 0.05) is 6.20 Å². The van der Waals surface area contributed by atoms with Crippen LogP contribution in [-0.2, 0) is 6.18 Å². The minimum atomic E-state index is -4.52. The van der Waals surface area contributed by atoms with Gasteiger partial charge in [-0.15, -0.1) is 0 Å². The highest BCUT2D eigenvalue weighted by atomic mass is 19.4. The summed E-state index contributed by atoms with van der Waals surface area (Å²) in [6.45, 7) is 0. The Balaban J connectivity index is 2.65. The van der Waals surface area contributed by atoms with E-state index in [1.54, 1.807) is 5.43 Å². The zero-order valence-electron chi connectivity index (χ0n) is 8.32. The summed E-state index contributed by atoms with van der Waals surface area (Å²) >= 11 is 0. The summed E-state index contributed by atoms with van der Waals surface area (Å²) < 4.78 is 38.7. The van der Waals surface area contributed by atoms with Crippen molar-refractivity contribution in [1.82, 2.24) is 14.8 Å². The maximum Gasteiger partial charge on any atom is 0.431 e. The van der Waals surface area contributed by atoms with Crippen molar-refractivity contribution in [3.05, 3.63) is 35.8 Å². The molecule has 0 atom stereocenters. The number of carbonyl (C=O) groups is 1. The van der Waals surface area contributed by atoms with Crippen LogP contribution in [0, 0.1) is 0 Å². The first-order chi connectivity index (χ1) is 7.93. The van der Waals surface area contributed by atoms with E-state index >= 15 is 0 Å². The molecule has 2 aromatic rings. The first kappa shape index (κ1) is 11.4. The predicted octanol–water partition coefficient (Wildman–Crippen LogP) is 0.957. The summed E-state index contributed by atoms with van der Waals surface area (Å²) in [4.78, 5) is 14.9. The largest absolute Gasteiger partial charge is 0.431 e. The van der Waals surface area contributed by atoms with Crippen LogP contribution < -0.4 is 11.3 Å². The van der Waals surface area contributed by atoms with Crippen LogP contribution in [0.1, 0.15) is 16.2 Å². The van der Waals surface area contributed by atoms with Crippen molar-refractivity contribution in [3.8, 4) is 0 Å². The molecule has 8 heteroatoms. The van der Waals surface area contributed by atoms with Crippen LogP contribution in [0.3, 0.4) is 0 Å². The molecule has 5 nitrogen and oxygen atoms in total. The molecule has 17 heavy (non-hydrogen) atoms. The molecule has 2 aromatic heterocycles. The van der Waals surface area contributed by atoms with E-state index in [2.05, 4.69) is 4.98 Å². The molecule has 0 fully saturated rings. The lowest BCUT2D eigenvalue weighted by Gasteiger charge is -2.08. The van der Waals surface area contributed by atoms with Gasteiger partial charge in [0.15, 0.2) is 0 Å². The van der Waals surface area contributed by atoms with Crippen molar-refractivity contribution in [2.75, 3.05) is 0 Å². The van der Waals surface area contributed by atoms with Gasteiger partial charge in [0.25, 0.3) is 5.91 Å². The zero-order chi connectivity index (χ0) is 12.6. The number of nitrogens with two attached hydrogens (primary N) is 1. The number of alkyl halides is 3. The first-order valence-electron chi connectivity index (χ1n) is 4.50. The Hall–Kier alpha value is -2.09. The van der Waals surface area contributed by atoms with Crippen molar-refractivity contribution < 1.29 is 18.0 Å². The number of hydrogen-bond donors (Lipinski definition) is 2. The number of pyridine rings is 1. The molecule has 0 spiro atoms. The number of fused-ring (bicyclic) bond motifs is 1. The average molecular weight is 244 g/mol. The van der Waals surface area contributed by atoms with E-state index in [9.17, 15) is 18.0 Å². The number of hydrazine groups is 1. The number of nitrogens with zero attached hydrogens (tertiary/aromatic N) is 2. The van der Waals surface area contributed by atoms with Crippen LogP contribution in [0.5, 0.6) is 0 Å². The second-order valence-corrected chi connectivity index (χ2v) is 3.24. The van der Waals surface area contributed by atoms with Gasteiger partial charge >= 0.3 is 6.18 Å². The molecule has 0 aromatic carbocycles. The molecule has 0 unspecified atom stereocenters. The summed E-state index contributed by atoms with van der Waals surface area (Å²) in [6, 6.07) is 3.48. The molecule has 2 rings (SSSR count). The standard InChI is InChI=1S/C9H7F3N4O/c10-9(11,12)6-2-1-3-7-14-5(4-16(6)7)8(17)15-13/h1-4H,13H2,(H,15,17).